The Bertz CT molecular complexity index is 375. The summed E-state index contributed by atoms with van der Waals surface area (Å²) in [5.74, 6) is 0.957. The number of carbonyl (C=O) groups excluding carboxylic acids is 1. The van der Waals surface area contributed by atoms with Crippen molar-refractivity contribution in [3.63, 3.8) is 0 Å². The fourth-order valence-corrected chi connectivity index (χ4v) is 2.66. The fourth-order valence-electron chi connectivity index (χ4n) is 2.66. The number of aliphatic imine (C=N–C) groups is 1. The minimum absolute atomic E-state index is 0. The first kappa shape index (κ1) is 24.4. The molecule has 0 spiro atoms. The van der Waals surface area contributed by atoms with Crippen molar-refractivity contribution in [2.24, 2.45) is 4.99 Å². The topological polar surface area (TPSA) is 75.2 Å². The number of piperidine rings is 1. The van der Waals surface area contributed by atoms with Gasteiger partial charge in [0.1, 0.15) is 0 Å². The molecular weight excluding hydrogens is 435 g/mol. The van der Waals surface area contributed by atoms with Gasteiger partial charge >= 0.3 is 0 Å². The fraction of sp³-hybridized carbons (Fsp3) is 0.882. The molecule has 0 saturated carbocycles. The van der Waals surface area contributed by atoms with Crippen molar-refractivity contribution in [1.29, 1.82) is 0 Å². The van der Waals surface area contributed by atoms with E-state index in [-0.39, 0.29) is 29.9 Å². The van der Waals surface area contributed by atoms with Gasteiger partial charge in [0, 0.05) is 60.0 Å². The van der Waals surface area contributed by atoms with Gasteiger partial charge in [-0.2, -0.15) is 0 Å². The number of hydrogen-bond donors (Lipinski definition) is 2. The molecule has 1 heterocycles. The van der Waals surface area contributed by atoms with Gasteiger partial charge in [-0.15, -0.1) is 24.0 Å². The largest absolute Gasteiger partial charge is 0.385 e. The third-order valence-corrected chi connectivity index (χ3v) is 4.01. The van der Waals surface area contributed by atoms with Gasteiger partial charge in [-0.25, -0.2) is 0 Å². The van der Waals surface area contributed by atoms with E-state index in [4.69, 9.17) is 9.47 Å². The zero-order valence-electron chi connectivity index (χ0n) is 15.9. The van der Waals surface area contributed by atoms with Crippen LogP contribution in [0.3, 0.4) is 0 Å². The van der Waals surface area contributed by atoms with Crippen LogP contribution in [0.15, 0.2) is 4.99 Å². The molecule has 0 aromatic carbocycles. The minimum Gasteiger partial charge on any atom is -0.385 e. The molecule has 0 radical (unpaired) electrons. The smallest absolute Gasteiger partial charge is 0.221 e. The van der Waals surface area contributed by atoms with Crippen LogP contribution < -0.4 is 10.6 Å². The standard InChI is InChI=1S/C17H34N4O3.HI/c1-4-9-19-16(22)6-10-20-17(18-2)21-11-7-15(8-12-21)24-14-5-13-23-3;/h15H,4-14H2,1-3H3,(H,18,20)(H,19,22);1H. The Labute approximate surface area is 169 Å². The van der Waals surface area contributed by atoms with E-state index in [2.05, 4.69) is 20.5 Å². The number of nitrogens with one attached hydrogen (secondary N) is 2. The number of halogens is 1. The van der Waals surface area contributed by atoms with Crippen LogP contribution in [0.1, 0.15) is 39.0 Å². The molecule has 1 aliphatic rings. The number of carbonyl (C=O) groups is 1. The summed E-state index contributed by atoms with van der Waals surface area (Å²) in [6, 6.07) is 0. The summed E-state index contributed by atoms with van der Waals surface area (Å²) in [6.07, 6.45) is 4.72. The lowest BCUT2D eigenvalue weighted by molar-refractivity contribution is -0.120. The molecule has 148 valence electrons. The highest BCUT2D eigenvalue weighted by atomic mass is 127. The van der Waals surface area contributed by atoms with Crippen molar-refractivity contribution < 1.29 is 14.3 Å². The molecule has 1 aliphatic heterocycles. The average molecular weight is 470 g/mol. The van der Waals surface area contributed by atoms with E-state index in [9.17, 15) is 4.79 Å². The van der Waals surface area contributed by atoms with E-state index in [1.807, 2.05) is 6.92 Å². The Morgan fingerprint density at radius 2 is 1.92 bits per heavy atom. The summed E-state index contributed by atoms with van der Waals surface area (Å²) in [6.45, 7) is 6.76. The van der Waals surface area contributed by atoms with E-state index < -0.39 is 0 Å². The second kappa shape index (κ2) is 15.6. The lowest BCUT2D eigenvalue weighted by atomic mass is 10.1. The molecule has 25 heavy (non-hydrogen) atoms. The molecule has 0 bridgehead atoms. The van der Waals surface area contributed by atoms with E-state index in [1.54, 1.807) is 14.2 Å². The number of guanidine groups is 1. The van der Waals surface area contributed by atoms with Crippen LogP contribution in [0.25, 0.3) is 0 Å². The van der Waals surface area contributed by atoms with Crippen molar-refractivity contribution in [2.45, 2.75) is 45.1 Å². The maximum Gasteiger partial charge on any atom is 0.221 e. The molecule has 0 aromatic rings. The Balaban J connectivity index is 0.00000576. The predicted molar refractivity (Wildman–Crippen MR) is 112 cm³/mol. The third kappa shape index (κ3) is 10.9. The summed E-state index contributed by atoms with van der Waals surface area (Å²) >= 11 is 0. The predicted octanol–water partition coefficient (Wildman–Crippen LogP) is 1.61. The van der Waals surface area contributed by atoms with Crippen LogP contribution in [-0.4, -0.2) is 76.4 Å². The maximum atomic E-state index is 11.6. The van der Waals surface area contributed by atoms with Gasteiger partial charge in [0.2, 0.25) is 5.91 Å². The van der Waals surface area contributed by atoms with Crippen molar-refractivity contribution in [1.82, 2.24) is 15.5 Å². The van der Waals surface area contributed by atoms with E-state index in [0.717, 1.165) is 64.5 Å². The summed E-state index contributed by atoms with van der Waals surface area (Å²) in [5.41, 5.74) is 0. The highest BCUT2D eigenvalue weighted by Crippen LogP contribution is 2.14. The highest BCUT2D eigenvalue weighted by Gasteiger charge is 2.21. The zero-order chi connectivity index (χ0) is 17.6. The molecule has 0 unspecified atom stereocenters. The first-order valence-electron chi connectivity index (χ1n) is 9.04. The van der Waals surface area contributed by atoms with E-state index in [1.165, 1.54) is 0 Å². The quantitative estimate of drug-likeness (QED) is 0.220. The molecule has 8 heteroatoms. The van der Waals surface area contributed by atoms with Crippen LogP contribution in [0.4, 0.5) is 0 Å². The molecule has 7 nitrogen and oxygen atoms in total. The summed E-state index contributed by atoms with van der Waals surface area (Å²) in [7, 11) is 3.50. The van der Waals surface area contributed by atoms with Gasteiger partial charge in [0.15, 0.2) is 5.96 Å². The maximum absolute atomic E-state index is 11.6. The number of methoxy groups -OCH3 is 1. The van der Waals surface area contributed by atoms with Crippen molar-refractivity contribution in [3.8, 4) is 0 Å². The number of likely N-dealkylation sites (tertiary alicyclic amines) is 1. The van der Waals surface area contributed by atoms with Gasteiger partial charge in [0.05, 0.1) is 6.10 Å². The number of ether oxygens (including phenoxy) is 2. The van der Waals surface area contributed by atoms with Crippen LogP contribution in [-0.2, 0) is 14.3 Å². The minimum atomic E-state index is 0. The van der Waals surface area contributed by atoms with Crippen LogP contribution in [0, 0.1) is 0 Å². The number of rotatable bonds is 10. The van der Waals surface area contributed by atoms with Crippen LogP contribution in [0.5, 0.6) is 0 Å². The van der Waals surface area contributed by atoms with Gasteiger partial charge < -0.3 is 25.0 Å². The van der Waals surface area contributed by atoms with Gasteiger partial charge in [-0.3, -0.25) is 9.79 Å². The summed E-state index contributed by atoms with van der Waals surface area (Å²) in [4.78, 5) is 18.2. The van der Waals surface area contributed by atoms with E-state index in [0.29, 0.717) is 19.1 Å². The Kier molecular flexibility index (Phi) is 15.2. The molecule has 1 saturated heterocycles. The monoisotopic (exact) mass is 470 g/mol. The lowest BCUT2D eigenvalue weighted by Gasteiger charge is -2.34. The molecule has 1 amide bonds. The Hall–Kier alpha value is -0.610. The number of hydrogen-bond acceptors (Lipinski definition) is 4. The first-order valence-corrected chi connectivity index (χ1v) is 9.04. The number of nitrogens with zero attached hydrogens (tertiary/aromatic N) is 2. The second-order valence-electron chi connectivity index (χ2n) is 5.98. The van der Waals surface area contributed by atoms with Crippen molar-refractivity contribution in [3.05, 3.63) is 0 Å². The Morgan fingerprint density at radius 1 is 1.20 bits per heavy atom. The van der Waals surface area contributed by atoms with Gasteiger partial charge in [-0.05, 0) is 25.7 Å². The lowest BCUT2D eigenvalue weighted by Crippen LogP contribution is -2.47. The SMILES string of the molecule is CCCNC(=O)CCNC(=NC)N1CCC(OCCCOC)CC1.I. The molecule has 0 aliphatic carbocycles. The zero-order valence-corrected chi connectivity index (χ0v) is 18.2. The molecule has 0 atom stereocenters. The molecule has 1 fully saturated rings. The second-order valence-corrected chi connectivity index (χ2v) is 5.98. The molecule has 2 N–H and O–H groups in total. The molecular formula is C17H35IN4O3. The molecule has 1 rings (SSSR count). The van der Waals surface area contributed by atoms with Crippen molar-refractivity contribution in [2.75, 3.05) is 53.6 Å². The average Bonchev–Trinajstić information content (AvgIpc) is 2.61. The van der Waals surface area contributed by atoms with Crippen LogP contribution >= 0.6 is 24.0 Å². The first-order chi connectivity index (χ1) is 11.7. The molecule has 0 aromatic heterocycles. The van der Waals surface area contributed by atoms with Crippen LogP contribution in [0.2, 0.25) is 0 Å². The Morgan fingerprint density at radius 3 is 2.52 bits per heavy atom. The number of amides is 1. The third-order valence-electron chi connectivity index (χ3n) is 4.01. The van der Waals surface area contributed by atoms with E-state index >= 15 is 0 Å². The van der Waals surface area contributed by atoms with Gasteiger partial charge in [-0.1, -0.05) is 6.92 Å². The normalized spacial score (nSPS) is 15.6. The van der Waals surface area contributed by atoms with Crippen molar-refractivity contribution >= 4 is 35.8 Å². The highest BCUT2D eigenvalue weighted by molar-refractivity contribution is 14.0. The summed E-state index contributed by atoms with van der Waals surface area (Å²) < 4.78 is 10.9. The van der Waals surface area contributed by atoms with Gasteiger partial charge in [0.25, 0.3) is 0 Å². The summed E-state index contributed by atoms with van der Waals surface area (Å²) in [5, 5.41) is 6.16.